The van der Waals surface area contributed by atoms with Gasteiger partial charge in [0.1, 0.15) is 0 Å². The zero-order chi connectivity index (χ0) is 11.4. The third kappa shape index (κ3) is 2.76. The molecular formula is C13H24N2O. The van der Waals surface area contributed by atoms with Crippen LogP contribution in [0.2, 0.25) is 0 Å². The summed E-state index contributed by atoms with van der Waals surface area (Å²) in [6, 6.07) is 0. The molecule has 1 heterocycles. The molecule has 2 fully saturated rings. The Hall–Kier alpha value is -0.570. The molecule has 1 saturated heterocycles. The predicted octanol–water partition coefficient (Wildman–Crippen LogP) is 2.65. The van der Waals surface area contributed by atoms with Gasteiger partial charge in [-0.05, 0) is 32.6 Å². The first-order valence-corrected chi connectivity index (χ1v) is 6.76. The van der Waals surface area contributed by atoms with Crippen molar-refractivity contribution in [3.8, 4) is 0 Å². The van der Waals surface area contributed by atoms with Crippen LogP contribution in [0.25, 0.3) is 0 Å². The topological polar surface area (TPSA) is 36.3 Å². The molecular weight excluding hydrogens is 200 g/mol. The summed E-state index contributed by atoms with van der Waals surface area (Å²) in [5.74, 6) is 1.47. The number of hydrogen-bond donors (Lipinski definition) is 1. The van der Waals surface area contributed by atoms with Crippen LogP contribution in [0.1, 0.15) is 45.4 Å². The highest BCUT2D eigenvalue weighted by Gasteiger charge is 2.27. The molecule has 0 aromatic carbocycles. The number of nitrogens with zero attached hydrogens (tertiary/aromatic N) is 1. The standard InChI is InChI=1S/C13H24N2O/c1-2-16-12-7-9-15(10-8-12)13(14)11-5-3-4-6-11/h11-12,14H,2-10H2,1H3. The van der Waals surface area contributed by atoms with Crippen molar-refractivity contribution in [3.63, 3.8) is 0 Å². The number of ether oxygens (including phenoxy) is 1. The van der Waals surface area contributed by atoms with Crippen LogP contribution in [0.3, 0.4) is 0 Å². The molecule has 0 radical (unpaired) electrons. The fourth-order valence-corrected chi connectivity index (χ4v) is 2.96. The highest BCUT2D eigenvalue weighted by molar-refractivity contribution is 5.82. The minimum atomic E-state index is 0.442. The van der Waals surface area contributed by atoms with E-state index in [0.717, 1.165) is 38.4 Å². The average Bonchev–Trinajstić information content (AvgIpc) is 2.83. The normalized spacial score (nSPS) is 23.9. The summed E-state index contributed by atoms with van der Waals surface area (Å²) < 4.78 is 5.64. The molecule has 1 N–H and O–H groups in total. The third-order valence-corrected chi connectivity index (χ3v) is 3.93. The Morgan fingerprint density at radius 2 is 1.81 bits per heavy atom. The summed E-state index contributed by atoms with van der Waals surface area (Å²) in [6.07, 6.45) is 7.77. The molecule has 2 rings (SSSR count). The van der Waals surface area contributed by atoms with Gasteiger partial charge in [-0.3, -0.25) is 5.41 Å². The van der Waals surface area contributed by atoms with Crippen molar-refractivity contribution in [1.29, 1.82) is 5.41 Å². The zero-order valence-electron chi connectivity index (χ0n) is 10.4. The van der Waals surface area contributed by atoms with Gasteiger partial charge in [0.05, 0.1) is 11.9 Å². The number of nitrogens with one attached hydrogen (secondary N) is 1. The van der Waals surface area contributed by atoms with Gasteiger partial charge in [0.25, 0.3) is 0 Å². The van der Waals surface area contributed by atoms with Crippen molar-refractivity contribution in [2.45, 2.75) is 51.6 Å². The van der Waals surface area contributed by atoms with Crippen molar-refractivity contribution in [1.82, 2.24) is 4.90 Å². The maximum absolute atomic E-state index is 8.23. The molecule has 92 valence electrons. The van der Waals surface area contributed by atoms with Gasteiger partial charge in [0, 0.05) is 25.6 Å². The Bertz CT molecular complexity index is 228. The highest BCUT2D eigenvalue weighted by atomic mass is 16.5. The third-order valence-electron chi connectivity index (χ3n) is 3.93. The first-order valence-electron chi connectivity index (χ1n) is 6.76. The maximum atomic E-state index is 8.23. The summed E-state index contributed by atoms with van der Waals surface area (Å²) in [5, 5.41) is 8.23. The first-order chi connectivity index (χ1) is 7.81. The van der Waals surface area contributed by atoms with Crippen LogP contribution in [0, 0.1) is 11.3 Å². The summed E-state index contributed by atoms with van der Waals surface area (Å²) in [6.45, 7) is 4.94. The van der Waals surface area contributed by atoms with Gasteiger partial charge in [-0.1, -0.05) is 12.8 Å². The van der Waals surface area contributed by atoms with Gasteiger partial charge in [-0.2, -0.15) is 0 Å². The van der Waals surface area contributed by atoms with Crippen LogP contribution < -0.4 is 0 Å². The fraction of sp³-hybridized carbons (Fsp3) is 0.923. The lowest BCUT2D eigenvalue weighted by molar-refractivity contribution is 0.0260. The molecule has 0 bridgehead atoms. The predicted molar refractivity (Wildman–Crippen MR) is 65.9 cm³/mol. The number of amidine groups is 1. The van der Waals surface area contributed by atoms with E-state index in [2.05, 4.69) is 11.8 Å². The van der Waals surface area contributed by atoms with Gasteiger partial charge >= 0.3 is 0 Å². The molecule has 3 heteroatoms. The number of hydrogen-bond acceptors (Lipinski definition) is 2. The van der Waals surface area contributed by atoms with Gasteiger partial charge < -0.3 is 9.64 Å². The van der Waals surface area contributed by atoms with Crippen LogP contribution in [0.5, 0.6) is 0 Å². The lowest BCUT2D eigenvalue weighted by Crippen LogP contribution is -2.42. The lowest BCUT2D eigenvalue weighted by Gasteiger charge is -2.35. The number of rotatable bonds is 3. The van der Waals surface area contributed by atoms with E-state index in [1.54, 1.807) is 0 Å². The van der Waals surface area contributed by atoms with Crippen LogP contribution >= 0.6 is 0 Å². The van der Waals surface area contributed by atoms with E-state index >= 15 is 0 Å². The van der Waals surface area contributed by atoms with E-state index in [4.69, 9.17) is 10.1 Å². The Balaban J connectivity index is 1.77. The van der Waals surface area contributed by atoms with E-state index in [-0.39, 0.29) is 0 Å². The van der Waals surface area contributed by atoms with Gasteiger partial charge in [0.2, 0.25) is 0 Å². The van der Waals surface area contributed by atoms with Crippen LogP contribution in [-0.4, -0.2) is 36.5 Å². The molecule has 1 saturated carbocycles. The molecule has 0 unspecified atom stereocenters. The monoisotopic (exact) mass is 224 g/mol. The molecule has 0 spiro atoms. The molecule has 3 nitrogen and oxygen atoms in total. The second-order valence-corrected chi connectivity index (χ2v) is 5.01. The first kappa shape index (κ1) is 11.9. The average molecular weight is 224 g/mol. The summed E-state index contributed by atoms with van der Waals surface area (Å²) in [4.78, 5) is 2.28. The van der Waals surface area contributed by atoms with Crippen LogP contribution in [0.4, 0.5) is 0 Å². The molecule has 1 aliphatic heterocycles. The van der Waals surface area contributed by atoms with Gasteiger partial charge in [0.15, 0.2) is 0 Å². The minimum Gasteiger partial charge on any atom is -0.378 e. The molecule has 0 atom stereocenters. The Labute approximate surface area is 98.7 Å². The van der Waals surface area contributed by atoms with Crippen molar-refractivity contribution in [3.05, 3.63) is 0 Å². The smallest absolute Gasteiger partial charge is 0.0989 e. The van der Waals surface area contributed by atoms with Crippen LogP contribution in [-0.2, 0) is 4.74 Å². The molecule has 0 aromatic rings. The van der Waals surface area contributed by atoms with Crippen molar-refractivity contribution < 1.29 is 4.74 Å². The van der Waals surface area contributed by atoms with Gasteiger partial charge in [-0.15, -0.1) is 0 Å². The highest BCUT2D eigenvalue weighted by Crippen LogP contribution is 2.28. The van der Waals surface area contributed by atoms with E-state index < -0.39 is 0 Å². The summed E-state index contributed by atoms with van der Waals surface area (Å²) >= 11 is 0. The van der Waals surface area contributed by atoms with Crippen molar-refractivity contribution in [2.75, 3.05) is 19.7 Å². The van der Waals surface area contributed by atoms with E-state index in [0.29, 0.717) is 12.0 Å². The minimum absolute atomic E-state index is 0.442. The fourth-order valence-electron chi connectivity index (χ4n) is 2.96. The quantitative estimate of drug-likeness (QED) is 0.591. The molecule has 2 aliphatic rings. The maximum Gasteiger partial charge on any atom is 0.0989 e. The number of likely N-dealkylation sites (tertiary alicyclic amines) is 1. The largest absolute Gasteiger partial charge is 0.378 e. The van der Waals surface area contributed by atoms with E-state index in [1.807, 2.05) is 0 Å². The second kappa shape index (κ2) is 5.67. The van der Waals surface area contributed by atoms with E-state index in [9.17, 15) is 0 Å². The van der Waals surface area contributed by atoms with Crippen LogP contribution in [0.15, 0.2) is 0 Å². The molecule has 0 aromatic heterocycles. The Morgan fingerprint density at radius 1 is 1.19 bits per heavy atom. The molecule has 16 heavy (non-hydrogen) atoms. The Morgan fingerprint density at radius 3 is 2.38 bits per heavy atom. The van der Waals surface area contributed by atoms with Gasteiger partial charge in [-0.25, -0.2) is 0 Å². The van der Waals surface area contributed by atoms with Crippen molar-refractivity contribution in [2.24, 2.45) is 5.92 Å². The molecule has 0 amide bonds. The lowest BCUT2D eigenvalue weighted by atomic mass is 10.0. The zero-order valence-corrected chi connectivity index (χ0v) is 10.4. The Kier molecular flexibility index (Phi) is 4.22. The van der Waals surface area contributed by atoms with E-state index in [1.165, 1.54) is 25.7 Å². The number of piperidine rings is 1. The second-order valence-electron chi connectivity index (χ2n) is 5.01. The SMILES string of the molecule is CCOC1CCN(C(=N)C2CCCC2)CC1. The summed E-state index contributed by atoms with van der Waals surface area (Å²) in [5.41, 5.74) is 0. The molecule has 1 aliphatic carbocycles. The summed E-state index contributed by atoms with van der Waals surface area (Å²) in [7, 11) is 0. The van der Waals surface area contributed by atoms with Crippen molar-refractivity contribution >= 4 is 5.84 Å².